The number of carbonyl (C=O) groups excluding carboxylic acids is 1. The number of nitrogens with two attached hydrogens (primary N) is 2. The number of aromatic nitrogens is 3. The van der Waals surface area contributed by atoms with Gasteiger partial charge in [0, 0.05) is 54.8 Å². The van der Waals surface area contributed by atoms with Crippen LogP contribution in [0.25, 0.3) is 43.4 Å². The van der Waals surface area contributed by atoms with Crippen LogP contribution in [0.4, 0.5) is 24.1 Å². The number of likely N-dealkylation sites (N-methyl/N-ethyl adjacent to an activating group) is 2. The maximum atomic E-state index is 17.2. The normalized spacial score (nSPS) is 18.9. The zero-order valence-corrected chi connectivity index (χ0v) is 25.9. The molecule has 0 bridgehead atoms. The number of nitrogens with zero attached hydrogens (tertiary/aromatic N) is 6. The number of amides is 1. The van der Waals surface area contributed by atoms with Crippen molar-refractivity contribution in [1.29, 1.82) is 0 Å². The number of fused-ring (bicyclic) bond motifs is 2. The zero-order chi connectivity index (χ0) is 32.3. The molecule has 2 atom stereocenters. The highest BCUT2D eigenvalue weighted by Gasteiger charge is 2.35. The number of alkyl halides is 1. The number of ether oxygens (including phenoxy) is 1. The Morgan fingerprint density at radius 2 is 1.96 bits per heavy atom. The third-order valence-electron chi connectivity index (χ3n) is 8.82. The summed E-state index contributed by atoms with van der Waals surface area (Å²) in [5, 5.41) is 0.526. The van der Waals surface area contributed by atoms with Crippen molar-refractivity contribution < 1.29 is 27.1 Å². The van der Waals surface area contributed by atoms with Crippen LogP contribution in [-0.4, -0.2) is 95.8 Å². The molecule has 15 heteroatoms. The summed E-state index contributed by atoms with van der Waals surface area (Å²) in [5.41, 5.74) is 13.2. The Balaban J connectivity index is 1.41. The van der Waals surface area contributed by atoms with Gasteiger partial charge in [-0.15, -0.1) is 0 Å². The number of furan rings is 1. The number of hydrogen-bond donors (Lipinski definition) is 2. The van der Waals surface area contributed by atoms with E-state index in [1.807, 2.05) is 23.9 Å². The van der Waals surface area contributed by atoms with E-state index in [4.69, 9.17) is 25.6 Å². The lowest BCUT2D eigenvalue weighted by Crippen LogP contribution is -2.61. The largest absolute Gasteiger partial charge is 0.472 e. The predicted molar refractivity (Wildman–Crippen MR) is 169 cm³/mol. The smallest absolute Gasteiger partial charge is 0.319 e. The van der Waals surface area contributed by atoms with Gasteiger partial charge < -0.3 is 30.4 Å². The monoisotopic (exact) mass is 652 g/mol. The Bertz CT molecular complexity index is 1950. The highest BCUT2D eigenvalue weighted by atomic mass is 32.1. The molecule has 2 unspecified atom stereocenters. The molecule has 0 radical (unpaired) electrons. The van der Waals surface area contributed by atoms with Gasteiger partial charge in [-0.2, -0.15) is 9.97 Å². The summed E-state index contributed by atoms with van der Waals surface area (Å²) >= 11 is 0.976. The van der Waals surface area contributed by atoms with Crippen LogP contribution in [0.2, 0.25) is 0 Å². The first-order chi connectivity index (χ1) is 22.1. The number of nitrogen functional groups attached to an aromatic ring is 1. The standard InChI is InChI=1S/C31H31F3N8O3S/c1-40-10-16(32)7-17(40)14-45-31-38-26-21(29(39-31)41(2)18-11-42(12-18)23(43)9-35)8-20(15-5-6-44-13-15)24(25(26)34)19-3-4-22(33)28-27(19)37-30(36)46-28/h3-6,8,13,16-18H,7,9-12,14,35H2,1-2H3,(H2,36,37). The summed E-state index contributed by atoms with van der Waals surface area (Å²) in [5.74, 6) is -1.01. The quantitative estimate of drug-likeness (QED) is 0.252. The Labute approximate surface area is 265 Å². The van der Waals surface area contributed by atoms with E-state index in [0.717, 1.165) is 11.3 Å². The molecule has 2 aliphatic heterocycles. The lowest BCUT2D eigenvalue weighted by atomic mass is 9.92. The van der Waals surface area contributed by atoms with Gasteiger partial charge in [0.15, 0.2) is 10.9 Å². The second kappa shape index (κ2) is 11.7. The van der Waals surface area contributed by atoms with Crippen molar-refractivity contribution >= 4 is 49.3 Å². The molecule has 0 saturated carbocycles. The molecule has 0 aliphatic carbocycles. The Morgan fingerprint density at radius 1 is 1.15 bits per heavy atom. The Kier molecular flexibility index (Phi) is 7.69. The molecule has 1 amide bonds. The van der Waals surface area contributed by atoms with Gasteiger partial charge in [-0.1, -0.05) is 11.3 Å². The molecular weight excluding hydrogens is 621 g/mol. The van der Waals surface area contributed by atoms with E-state index in [1.54, 1.807) is 17.0 Å². The maximum absolute atomic E-state index is 17.2. The number of hydrogen-bond acceptors (Lipinski definition) is 11. The third-order valence-corrected chi connectivity index (χ3v) is 9.71. The van der Waals surface area contributed by atoms with Crippen LogP contribution in [0.15, 0.2) is 41.2 Å². The fourth-order valence-electron chi connectivity index (χ4n) is 6.21. The second-order valence-electron chi connectivity index (χ2n) is 11.7. The molecular formula is C31H31F3N8O3S. The van der Waals surface area contributed by atoms with Gasteiger partial charge in [-0.05, 0) is 43.3 Å². The highest BCUT2D eigenvalue weighted by Crippen LogP contribution is 2.44. The van der Waals surface area contributed by atoms with Crippen LogP contribution in [0, 0.1) is 11.6 Å². The number of benzene rings is 2. The molecule has 2 aromatic carbocycles. The van der Waals surface area contributed by atoms with Gasteiger partial charge in [-0.3, -0.25) is 9.69 Å². The molecule has 4 N–H and O–H groups in total. The van der Waals surface area contributed by atoms with Crippen molar-refractivity contribution in [2.24, 2.45) is 5.73 Å². The van der Waals surface area contributed by atoms with Crippen LogP contribution in [0.1, 0.15) is 6.42 Å². The molecule has 2 saturated heterocycles. The van der Waals surface area contributed by atoms with Gasteiger partial charge in [0.05, 0.1) is 35.3 Å². The van der Waals surface area contributed by atoms with Gasteiger partial charge in [0.2, 0.25) is 5.91 Å². The lowest BCUT2D eigenvalue weighted by Gasteiger charge is -2.44. The Hall–Kier alpha value is -4.47. The molecule has 46 heavy (non-hydrogen) atoms. The Morgan fingerprint density at radius 3 is 2.65 bits per heavy atom. The fraction of sp³-hybridized carbons (Fsp3) is 0.355. The van der Waals surface area contributed by atoms with E-state index in [9.17, 15) is 13.6 Å². The van der Waals surface area contributed by atoms with Gasteiger partial charge in [-0.25, -0.2) is 18.2 Å². The fourth-order valence-corrected chi connectivity index (χ4v) is 6.97. The van der Waals surface area contributed by atoms with Crippen molar-refractivity contribution in [3.63, 3.8) is 0 Å². The predicted octanol–water partition coefficient (Wildman–Crippen LogP) is 4.05. The number of likely N-dealkylation sites (tertiary alicyclic amines) is 2. The van der Waals surface area contributed by atoms with Crippen LogP contribution in [0.5, 0.6) is 6.01 Å². The number of rotatable bonds is 8. The number of halogens is 3. The molecule has 7 rings (SSSR count). The first kappa shape index (κ1) is 30.2. The highest BCUT2D eigenvalue weighted by molar-refractivity contribution is 7.22. The second-order valence-corrected chi connectivity index (χ2v) is 12.7. The summed E-state index contributed by atoms with van der Waals surface area (Å²) in [7, 11) is 3.63. The average Bonchev–Trinajstić information content (AvgIpc) is 3.76. The topological polar surface area (TPSA) is 140 Å². The van der Waals surface area contributed by atoms with Gasteiger partial charge >= 0.3 is 6.01 Å². The summed E-state index contributed by atoms with van der Waals surface area (Å²) in [6, 6.07) is 5.76. The van der Waals surface area contributed by atoms with Crippen molar-refractivity contribution in [1.82, 2.24) is 24.8 Å². The molecule has 2 fully saturated rings. The summed E-state index contributed by atoms with van der Waals surface area (Å²) in [4.78, 5) is 31.1. The number of anilines is 2. The van der Waals surface area contributed by atoms with Crippen LogP contribution in [-0.2, 0) is 4.79 Å². The van der Waals surface area contributed by atoms with Crippen molar-refractivity contribution in [3.8, 4) is 28.3 Å². The van der Waals surface area contributed by atoms with Crippen molar-refractivity contribution in [3.05, 3.63) is 48.4 Å². The molecule has 5 heterocycles. The molecule has 3 aromatic heterocycles. The lowest BCUT2D eigenvalue weighted by molar-refractivity contribution is -0.133. The van der Waals surface area contributed by atoms with Crippen molar-refractivity contribution in [2.75, 3.05) is 57.5 Å². The summed E-state index contributed by atoms with van der Waals surface area (Å²) in [6.07, 6.45) is 2.29. The zero-order valence-electron chi connectivity index (χ0n) is 25.0. The summed E-state index contributed by atoms with van der Waals surface area (Å²) in [6.45, 7) is 1.12. The first-order valence-electron chi connectivity index (χ1n) is 14.7. The van der Waals surface area contributed by atoms with E-state index in [0.29, 0.717) is 53.9 Å². The molecule has 0 spiro atoms. The third kappa shape index (κ3) is 5.17. The minimum absolute atomic E-state index is 0.0351. The van der Waals surface area contributed by atoms with E-state index in [-0.39, 0.29) is 63.6 Å². The molecule has 2 aliphatic rings. The van der Waals surface area contributed by atoms with Crippen LogP contribution in [0.3, 0.4) is 0 Å². The van der Waals surface area contributed by atoms with Crippen molar-refractivity contribution in [2.45, 2.75) is 24.7 Å². The first-order valence-corrected chi connectivity index (χ1v) is 15.5. The van der Waals surface area contributed by atoms with Crippen LogP contribution >= 0.6 is 11.3 Å². The average molecular weight is 653 g/mol. The van der Waals surface area contributed by atoms with Crippen LogP contribution < -0.4 is 21.1 Å². The number of carbonyl (C=O) groups is 1. The van der Waals surface area contributed by atoms with Gasteiger partial charge in [0.25, 0.3) is 0 Å². The van der Waals surface area contributed by atoms with Gasteiger partial charge in [0.1, 0.15) is 29.9 Å². The van der Waals surface area contributed by atoms with E-state index in [2.05, 4.69) is 9.97 Å². The number of thiazole rings is 1. The minimum Gasteiger partial charge on any atom is -0.472 e. The molecule has 240 valence electrons. The SMILES string of the molecule is CN1CC(F)CC1COc1nc(N(C)C2CN(C(=O)CN)C2)c2cc(-c3ccoc3)c(-c3ccc(F)c4sc(N)nc34)c(F)c2n1. The molecule has 11 nitrogen and oxygen atoms in total. The molecule has 5 aromatic rings. The van der Waals surface area contributed by atoms with E-state index in [1.165, 1.54) is 24.7 Å². The minimum atomic E-state index is -0.968. The van der Waals surface area contributed by atoms with E-state index < -0.39 is 17.8 Å². The van der Waals surface area contributed by atoms with E-state index >= 15 is 4.39 Å². The summed E-state index contributed by atoms with van der Waals surface area (Å²) < 4.78 is 57.6. The maximum Gasteiger partial charge on any atom is 0.319 e.